The van der Waals surface area contributed by atoms with Gasteiger partial charge in [0.15, 0.2) is 5.82 Å². The average Bonchev–Trinajstić information content (AvgIpc) is 2.69. The third kappa shape index (κ3) is 5.06. The highest BCUT2D eigenvalue weighted by molar-refractivity contribution is 5.56. The lowest BCUT2D eigenvalue weighted by Gasteiger charge is -2.23. The molecule has 0 amide bonds. The van der Waals surface area contributed by atoms with E-state index in [1.54, 1.807) is 0 Å². The summed E-state index contributed by atoms with van der Waals surface area (Å²) < 4.78 is 5.79. The molecule has 1 aromatic heterocycles. The van der Waals surface area contributed by atoms with Crippen molar-refractivity contribution in [3.63, 3.8) is 0 Å². The summed E-state index contributed by atoms with van der Waals surface area (Å²) in [6.07, 6.45) is 13.1. The van der Waals surface area contributed by atoms with Crippen molar-refractivity contribution in [3.05, 3.63) is 41.7 Å². The van der Waals surface area contributed by atoms with Crippen LogP contribution in [0.1, 0.15) is 70.1 Å². The van der Waals surface area contributed by atoms with Crippen LogP contribution in [0.5, 0.6) is 5.75 Å². The third-order valence-electron chi connectivity index (χ3n) is 5.35. The molecule has 1 aromatic carbocycles. The second kappa shape index (κ2) is 9.70. The zero-order valence-corrected chi connectivity index (χ0v) is 16.3. The van der Waals surface area contributed by atoms with Gasteiger partial charge in [0, 0.05) is 17.5 Å². The SMILES string of the molecule is CCCCCOc1ccc(-c2ncc3c(n2)CCC(CCCC)C3)cc1. The summed E-state index contributed by atoms with van der Waals surface area (Å²) in [5, 5.41) is 0. The maximum absolute atomic E-state index is 5.79. The van der Waals surface area contributed by atoms with Crippen molar-refractivity contribution in [1.82, 2.24) is 9.97 Å². The van der Waals surface area contributed by atoms with Gasteiger partial charge in [0.2, 0.25) is 0 Å². The van der Waals surface area contributed by atoms with Gasteiger partial charge >= 0.3 is 0 Å². The molecule has 1 aliphatic carbocycles. The minimum absolute atomic E-state index is 0.793. The standard InChI is InChI=1S/C23H32N2O/c1-3-5-7-15-26-21-12-10-19(11-13-21)23-24-17-20-16-18(8-6-4-2)9-14-22(20)25-23/h10-13,17-18H,3-9,14-16H2,1-2H3. The summed E-state index contributed by atoms with van der Waals surface area (Å²) in [7, 11) is 0. The van der Waals surface area contributed by atoms with Crippen molar-refractivity contribution < 1.29 is 4.74 Å². The van der Waals surface area contributed by atoms with Crippen LogP contribution in [0.15, 0.2) is 30.5 Å². The van der Waals surface area contributed by atoms with Crippen molar-refractivity contribution in [2.24, 2.45) is 5.92 Å². The Bertz CT molecular complexity index is 681. The van der Waals surface area contributed by atoms with E-state index in [1.807, 2.05) is 12.1 Å². The van der Waals surface area contributed by atoms with E-state index in [-0.39, 0.29) is 0 Å². The quantitative estimate of drug-likeness (QED) is 0.519. The highest BCUT2D eigenvalue weighted by Crippen LogP contribution is 2.29. The fraction of sp³-hybridized carbons (Fsp3) is 0.565. The molecule has 1 atom stereocenters. The van der Waals surface area contributed by atoms with Crippen LogP contribution in [-0.2, 0) is 12.8 Å². The lowest BCUT2D eigenvalue weighted by atomic mass is 9.84. The van der Waals surface area contributed by atoms with Crippen molar-refractivity contribution in [3.8, 4) is 17.1 Å². The van der Waals surface area contributed by atoms with Gasteiger partial charge in [-0.15, -0.1) is 0 Å². The molecule has 3 nitrogen and oxygen atoms in total. The van der Waals surface area contributed by atoms with E-state index in [0.717, 1.165) is 48.9 Å². The van der Waals surface area contributed by atoms with Crippen molar-refractivity contribution in [2.75, 3.05) is 6.61 Å². The molecule has 3 rings (SSSR count). The van der Waals surface area contributed by atoms with E-state index in [9.17, 15) is 0 Å². The maximum Gasteiger partial charge on any atom is 0.159 e. The van der Waals surface area contributed by atoms with E-state index in [1.165, 1.54) is 49.8 Å². The second-order valence-electron chi connectivity index (χ2n) is 7.50. The fourth-order valence-electron chi connectivity index (χ4n) is 3.70. The molecule has 140 valence electrons. The number of nitrogens with zero attached hydrogens (tertiary/aromatic N) is 2. The van der Waals surface area contributed by atoms with Gasteiger partial charge in [-0.1, -0.05) is 46.0 Å². The van der Waals surface area contributed by atoms with Crippen LogP contribution >= 0.6 is 0 Å². The predicted molar refractivity (Wildman–Crippen MR) is 108 cm³/mol. The van der Waals surface area contributed by atoms with Crippen molar-refractivity contribution in [1.29, 1.82) is 0 Å². The molecule has 0 aliphatic heterocycles. The van der Waals surface area contributed by atoms with Crippen molar-refractivity contribution in [2.45, 2.75) is 71.6 Å². The molecule has 1 aliphatic rings. The molecule has 0 spiro atoms. The summed E-state index contributed by atoms with van der Waals surface area (Å²) in [6.45, 7) is 5.27. The monoisotopic (exact) mass is 352 g/mol. The Morgan fingerprint density at radius 1 is 1.04 bits per heavy atom. The molecule has 26 heavy (non-hydrogen) atoms. The number of hydrogen-bond acceptors (Lipinski definition) is 3. The van der Waals surface area contributed by atoms with E-state index in [4.69, 9.17) is 9.72 Å². The Morgan fingerprint density at radius 2 is 1.85 bits per heavy atom. The van der Waals surface area contributed by atoms with Crippen molar-refractivity contribution >= 4 is 0 Å². The van der Waals surface area contributed by atoms with Gasteiger partial charge in [-0.3, -0.25) is 0 Å². The molecule has 3 heteroatoms. The number of aryl methyl sites for hydroxylation is 1. The molecule has 0 bridgehead atoms. The highest BCUT2D eigenvalue weighted by Gasteiger charge is 2.20. The number of ether oxygens (including phenoxy) is 1. The highest BCUT2D eigenvalue weighted by atomic mass is 16.5. The molecule has 0 radical (unpaired) electrons. The first-order valence-electron chi connectivity index (χ1n) is 10.4. The first-order chi connectivity index (χ1) is 12.8. The van der Waals surface area contributed by atoms with Gasteiger partial charge in [0.1, 0.15) is 5.75 Å². The smallest absolute Gasteiger partial charge is 0.159 e. The van der Waals surface area contributed by atoms with Crippen LogP contribution in [0.25, 0.3) is 11.4 Å². The average molecular weight is 353 g/mol. The summed E-state index contributed by atoms with van der Waals surface area (Å²) in [5.74, 6) is 2.59. The van der Waals surface area contributed by atoms with E-state index < -0.39 is 0 Å². The van der Waals surface area contributed by atoms with Crippen LogP contribution in [-0.4, -0.2) is 16.6 Å². The van der Waals surface area contributed by atoms with Crippen LogP contribution in [0.4, 0.5) is 0 Å². The number of fused-ring (bicyclic) bond motifs is 1. The molecule has 0 N–H and O–H groups in total. The van der Waals surface area contributed by atoms with Crippen LogP contribution in [0.3, 0.4) is 0 Å². The van der Waals surface area contributed by atoms with Gasteiger partial charge in [-0.05, 0) is 61.4 Å². The Hall–Kier alpha value is -1.90. The number of rotatable bonds is 9. The predicted octanol–water partition coefficient (Wildman–Crippen LogP) is 6.01. The van der Waals surface area contributed by atoms with E-state index in [2.05, 4.69) is 37.2 Å². The van der Waals surface area contributed by atoms with Gasteiger partial charge < -0.3 is 4.74 Å². The zero-order valence-electron chi connectivity index (χ0n) is 16.3. The second-order valence-corrected chi connectivity index (χ2v) is 7.50. The van der Waals surface area contributed by atoms with Gasteiger partial charge in [0.05, 0.1) is 6.61 Å². The van der Waals surface area contributed by atoms with E-state index in [0.29, 0.717) is 0 Å². The Morgan fingerprint density at radius 3 is 2.62 bits per heavy atom. The summed E-state index contributed by atoms with van der Waals surface area (Å²) in [6, 6.07) is 8.21. The molecule has 0 saturated heterocycles. The maximum atomic E-state index is 5.79. The number of unbranched alkanes of at least 4 members (excludes halogenated alkanes) is 3. The van der Waals surface area contributed by atoms with Gasteiger partial charge in [-0.2, -0.15) is 0 Å². The van der Waals surface area contributed by atoms with Gasteiger partial charge in [-0.25, -0.2) is 9.97 Å². The lowest BCUT2D eigenvalue weighted by Crippen LogP contribution is -2.16. The summed E-state index contributed by atoms with van der Waals surface area (Å²) in [4.78, 5) is 9.50. The number of aromatic nitrogens is 2. The molecule has 0 fully saturated rings. The summed E-state index contributed by atoms with van der Waals surface area (Å²) >= 11 is 0. The Labute approximate surface area is 158 Å². The molecule has 1 heterocycles. The third-order valence-corrected chi connectivity index (χ3v) is 5.35. The first-order valence-corrected chi connectivity index (χ1v) is 10.4. The minimum atomic E-state index is 0.793. The Kier molecular flexibility index (Phi) is 7.04. The largest absolute Gasteiger partial charge is 0.494 e. The van der Waals surface area contributed by atoms with Crippen LogP contribution in [0, 0.1) is 5.92 Å². The minimum Gasteiger partial charge on any atom is -0.494 e. The van der Waals surface area contributed by atoms with E-state index >= 15 is 0 Å². The molecular weight excluding hydrogens is 320 g/mol. The topological polar surface area (TPSA) is 35.0 Å². The number of hydrogen-bond donors (Lipinski definition) is 0. The van der Waals surface area contributed by atoms with Crippen LogP contribution < -0.4 is 4.74 Å². The van der Waals surface area contributed by atoms with Gasteiger partial charge in [0.25, 0.3) is 0 Å². The molecule has 1 unspecified atom stereocenters. The lowest BCUT2D eigenvalue weighted by molar-refractivity contribution is 0.306. The van der Waals surface area contributed by atoms with Crippen LogP contribution in [0.2, 0.25) is 0 Å². The number of benzene rings is 1. The first kappa shape index (κ1) is 18.9. The molecule has 0 saturated carbocycles. The zero-order chi connectivity index (χ0) is 18.2. The molecule has 2 aromatic rings. The Balaban J connectivity index is 1.62. The summed E-state index contributed by atoms with van der Waals surface area (Å²) in [5.41, 5.74) is 3.68. The normalized spacial score (nSPS) is 16.3. The fourth-order valence-corrected chi connectivity index (χ4v) is 3.70. The molecular formula is C23H32N2O.